The summed E-state index contributed by atoms with van der Waals surface area (Å²) in [6.07, 6.45) is 5.48. The maximum Gasteiger partial charge on any atom is 0.0958 e. The molecule has 4 heteroatoms. The van der Waals surface area contributed by atoms with E-state index in [1.165, 1.54) is 5.69 Å². The van der Waals surface area contributed by atoms with Gasteiger partial charge in [-0.2, -0.15) is 0 Å². The molecule has 1 fully saturated rings. The van der Waals surface area contributed by atoms with Crippen LogP contribution in [0.25, 0.3) is 0 Å². The summed E-state index contributed by atoms with van der Waals surface area (Å²) in [6, 6.07) is 4.21. The number of thioether (sulfide) groups is 1. The number of ether oxygens (including phenoxy) is 1. The zero-order valence-corrected chi connectivity index (χ0v) is 9.96. The van der Waals surface area contributed by atoms with E-state index in [0.29, 0.717) is 6.10 Å². The van der Waals surface area contributed by atoms with Gasteiger partial charge < -0.3 is 9.64 Å². The molecule has 0 saturated carbocycles. The Morgan fingerprint density at radius 3 is 2.93 bits per heavy atom. The van der Waals surface area contributed by atoms with Crippen LogP contribution < -0.4 is 4.90 Å². The van der Waals surface area contributed by atoms with Crippen LogP contribution in [0, 0.1) is 0 Å². The van der Waals surface area contributed by atoms with Crippen LogP contribution in [-0.4, -0.2) is 37.5 Å². The van der Waals surface area contributed by atoms with Crippen molar-refractivity contribution in [2.45, 2.75) is 17.6 Å². The number of rotatable bonds is 3. The molecule has 1 atom stereocenters. The van der Waals surface area contributed by atoms with E-state index < -0.39 is 0 Å². The Balaban J connectivity index is 2.04. The van der Waals surface area contributed by atoms with Crippen LogP contribution in [0.3, 0.4) is 0 Å². The van der Waals surface area contributed by atoms with Gasteiger partial charge >= 0.3 is 0 Å². The van der Waals surface area contributed by atoms with Crippen molar-refractivity contribution in [1.82, 2.24) is 4.98 Å². The van der Waals surface area contributed by atoms with E-state index in [0.717, 1.165) is 24.5 Å². The first kappa shape index (κ1) is 10.8. The fourth-order valence-electron chi connectivity index (χ4n) is 1.84. The molecular weight excluding hydrogens is 208 g/mol. The van der Waals surface area contributed by atoms with Crippen molar-refractivity contribution in [3.63, 3.8) is 0 Å². The molecule has 1 aliphatic rings. The van der Waals surface area contributed by atoms with Crippen molar-refractivity contribution in [3.8, 4) is 0 Å². The van der Waals surface area contributed by atoms with Crippen LogP contribution in [0.2, 0.25) is 0 Å². The van der Waals surface area contributed by atoms with Crippen LogP contribution in [0.5, 0.6) is 0 Å². The molecule has 1 aromatic heterocycles. The maximum atomic E-state index is 5.34. The molecule has 0 amide bonds. The molecule has 0 bridgehead atoms. The first-order chi connectivity index (χ1) is 7.33. The van der Waals surface area contributed by atoms with Gasteiger partial charge in [0.1, 0.15) is 0 Å². The van der Waals surface area contributed by atoms with Crippen molar-refractivity contribution >= 4 is 17.4 Å². The third-order valence-electron chi connectivity index (χ3n) is 2.77. The highest BCUT2D eigenvalue weighted by Crippen LogP contribution is 2.22. The van der Waals surface area contributed by atoms with Crippen LogP contribution in [0.4, 0.5) is 5.69 Å². The summed E-state index contributed by atoms with van der Waals surface area (Å²) >= 11 is 1.67. The Bertz CT molecular complexity index is 315. The lowest BCUT2D eigenvalue weighted by molar-refractivity contribution is 0.121. The molecule has 2 rings (SSSR count). The van der Waals surface area contributed by atoms with Gasteiger partial charge in [0.15, 0.2) is 0 Å². The lowest BCUT2D eigenvalue weighted by atomic mass is 10.3. The van der Waals surface area contributed by atoms with Crippen molar-refractivity contribution in [2.75, 3.05) is 31.4 Å². The average molecular weight is 224 g/mol. The second kappa shape index (κ2) is 4.86. The second-order valence-corrected chi connectivity index (χ2v) is 4.48. The summed E-state index contributed by atoms with van der Waals surface area (Å²) in [7, 11) is 1.78. The minimum atomic E-state index is 0.380. The summed E-state index contributed by atoms with van der Waals surface area (Å²) < 4.78 is 5.34. The SMILES string of the molecule is COC1CCN(c2ccc(SC)nc2)C1. The van der Waals surface area contributed by atoms with E-state index in [-0.39, 0.29) is 0 Å². The van der Waals surface area contributed by atoms with E-state index in [2.05, 4.69) is 22.0 Å². The Labute approximate surface area is 94.8 Å². The number of hydrogen-bond donors (Lipinski definition) is 0. The first-order valence-electron chi connectivity index (χ1n) is 5.11. The van der Waals surface area contributed by atoms with Gasteiger partial charge in [-0.3, -0.25) is 0 Å². The Kier molecular flexibility index (Phi) is 3.49. The summed E-state index contributed by atoms with van der Waals surface area (Å²) in [5.41, 5.74) is 1.20. The normalized spacial score (nSPS) is 20.9. The first-order valence-corrected chi connectivity index (χ1v) is 6.33. The summed E-state index contributed by atoms with van der Waals surface area (Å²) in [5, 5.41) is 1.07. The van der Waals surface area contributed by atoms with E-state index in [4.69, 9.17) is 4.74 Å². The number of hydrogen-bond acceptors (Lipinski definition) is 4. The summed E-state index contributed by atoms with van der Waals surface area (Å²) in [5.74, 6) is 0. The van der Waals surface area contributed by atoms with Gasteiger partial charge in [-0.25, -0.2) is 4.98 Å². The molecular formula is C11H16N2OS. The lowest BCUT2D eigenvalue weighted by Crippen LogP contribution is -2.22. The monoisotopic (exact) mass is 224 g/mol. The highest BCUT2D eigenvalue weighted by Gasteiger charge is 2.22. The van der Waals surface area contributed by atoms with Gasteiger partial charge in [0, 0.05) is 20.2 Å². The Hall–Kier alpha value is -0.740. The van der Waals surface area contributed by atoms with Crippen molar-refractivity contribution < 1.29 is 4.74 Å². The highest BCUT2D eigenvalue weighted by molar-refractivity contribution is 7.98. The predicted octanol–water partition coefficient (Wildman–Crippen LogP) is 2.03. The van der Waals surface area contributed by atoms with E-state index in [1.54, 1.807) is 18.9 Å². The van der Waals surface area contributed by atoms with Crippen molar-refractivity contribution in [3.05, 3.63) is 18.3 Å². The van der Waals surface area contributed by atoms with Gasteiger partial charge in [0.2, 0.25) is 0 Å². The van der Waals surface area contributed by atoms with Crippen LogP contribution in [-0.2, 0) is 4.74 Å². The molecule has 1 aromatic rings. The fourth-order valence-corrected chi connectivity index (χ4v) is 2.20. The standard InChI is InChI=1S/C11H16N2OS/c1-14-10-5-6-13(8-10)9-3-4-11(15-2)12-7-9/h3-4,7,10H,5-6,8H2,1-2H3. The molecule has 0 radical (unpaired) electrons. The molecule has 0 aliphatic carbocycles. The molecule has 3 nitrogen and oxygen atoms in total. The molecule has 0 aromatic carbocycles. The number of nitrogens with zero attached hydrogens (tertiary/aromatic N) is 2. The summed E-state index contributed by atoms with van der Waals surface area (Å²) in [6.45, 7) is 2.05. The minimum absolute atomic E-state index is 0.380. The average Bonchev–Trinajstić information content (AvgIpc) is 2.78. The zero-order chi connectivity index (χ0) is 10.7. The molecule has 1 aliphatic heterocycles. The molecule has 2 heterocycles. The number of methoxy groups -OCH3 is 1. The van der Waals surface area contributed by atoms with Crippen LogP contribution in [0.15, 0.2) is 23.4 Å². The summed E-state index contributed by atoms with van der Waals surface area (Å²) in [4.78, 5) is 6.70. The van der Waals surface area contributed by atoms with Gasteiger partial charge in [-0.05, 0) is 24.8 Å². The zero-order valence-electron chi connectivity index (χ0n) is 9.14. The second-order valence-electron chi connectivity index (χ2n) is 3.65. The van der Waals surface area contributed by atoms with Crippen molar-refractivity contribution in [1.29, 1.82) is 0 Å². The van der Waals surface area contributed by atoms with Crippen LogP contribution in [0.1, 0.15) is 6.42 Å². The fraction of sp³-hybridized carbons (Fsp3) is 0.545. The number of aromatic nitrogens is 1. The maximum absolute atomic E-state index is 5.34. The largest absolute Gasteiger partial charge is 0.380 e. The highest BCUT2D eigenvalue weighted by atomic mass is 32.2. The third kappa shape index (κ3) is 2.44. The van der Waals surface area contributed by atoms with E-state index >= 15 is 0 Å². The molecule has 82 valence electrons. The topological polar surface area (TPSA) is 25.4 Å². The van der Waals surface area contributed by atoms with Crippen molar-refractivity contribution in [2.24, 2.45) is 0 Å². The Morgan fingerprint density at radius 1 is 1.53 bits per heavy atom. The minimum Gasteiger partial charge on any atom is -0.380 e. The molecule has 1 saturated heterocycles. The molecule has 1 unspecified atom stereocenters. The Morgan fingerprint density at radius 2 is 2.40 bits per heavy atom. The van der Waals surface area contributed by atoms with E-state index in [1.807, 2.05) is 12.5 Å². The number of pyridine rings is 1. The van der Waals surface area contributed by atoms with Gasteiger partial charge in [-0.1, -0.05) is 0 Å². The van der Waals surface area contributed by atoms with Crippen LogP contribution >= 0.6 is 11.8 Å². The molecule has 0 spiro atoms. The van der Waals surface area contributed by atoms with Gasteiger partial charge in [0.05, 0.1) is 23.0 Å². The van der Waals surface area contributed by atoms with Gasteiger partial charge in [-0.15, -0.1) is 11.8 Å². The molecule has 15 heavy (non-hydrogen) atoms. The quantitative estimate of drug-likeness (QED) is 0.734. The molecule has 0 N–H and O–H groups in total. The predicted molar refractivity (Wildman–Crippen MR) is 63.6 cm³/mol. The van der Waals surface area contributed by atoms with E-state index in [9.17, 15) is 0 Å². The lowest BCUT2D eigenvalue weighted by Gasteiger charge is -2.17. The third-order valence-corrected chi connectivity index (χ3v) is 3.43. The van der Waals surface area contributed by atoms with Gasteiger partial charge in [0.25, 0.3) is 0 Å². The smallest absolute Gasteiger partial charge is 0.0958 e. The number of anilines is 1.